The van der Waals surface area contributed by atoms with Crippen LogP contribution in [-0.4, -0.2) is 26.3 Å². The van der Waals surface area contributed by atoms with Crippen LogP contribution in [0.2, 0.25) is 0 Å². The van der Waals surface area contributed by atoms with Gasteiger partial charge in [0.1, 0.15) is 6.04 Å². The second-order valence-corrected chi connectivity index (χ2v) is 2.17. The average molecular weight is 117 g/mol. The highest BCUT2D eigenvalue weighted by Crippen LogP contribution is 1.98. The number of ether oxygens (including phenoxy) is 1. The average Bonchev–Trinajstić information content (AvgIpc) is 2.12. The van der Waals surface area contributed by atoms with Crippen LogP contribution in [0.15, 0.2) is 0 Å². The van der Waals surface area contributed by atoms with Crippen LogP contribution in [0.1, 0.15) is 6.42 Å². The fourth-order valence-electron chi connectivity index (χ4n) is 0.855. The molecule has 3 nitrogen and oxygen atoms in total. The van der Waals surface area contributed by atoms with Gasteiger partial charge in [-0.05, 0) is 0 Å². The maximum atomic E-state index is 10.6. The zero-order valence-corrected chi connectivity index (χ0v) is 5.02. The third-order valence-electron chi connectivity index (χ3n) is 1.50. The molecule has 0 radical (unpaired) electrons. The van der Waals surface area contributed by atoms with Gasteiger partial charge in [-0.25, -0.2) is 0 Å². The molecule has 0 aromatic carbocycles. The third kappa shape index (κ3) is 1.18. The molecule has 1 saturated heterocycles. The third-order valence-corrected chi connectivity index (χ3v) is 1.50. The van der Waals surface area contributed by atoms with Crippen LogP contribution in [0, 0.1) is 5.21 Å². The summed E-state index contributed by atoms with van der Waals surface area (Å²) in [6.07, 6.45) is 0.926. The molecule has 0 aromatic rings. The lowest BCUT2D eigenvalue weighted by atomic mass is 10.3. The Morgan fingerprint density at radius 3 is 2.75 bits per heavy atom. The molecule has 48 valence electrons. The van der Waals surface area contributed by atoms with Gasteiger partial charge in [0.25, 0.3) is 0 Å². The van der Waals surface area contributed by atoms with Crippen molar-refractivity contribution < 1.29 is 9.80 Å². The zero-order valence-electron chi connectivity index (χ0n) is 5.02. The summed E-state index contributed by atoms with van der Waals surface area (Å²) in [6.45, 7) is 1.42. The van der Waals surface area contributed by atoms with E-state index >= 15 is 0 Å². The number of quaternary nitrogens is 1. The molecule has 0 aliphatic carbocycles. The molecular formula is C5H11NO2. The van der Waals surface area contributed by atoms with Crippen molar-refractivity contribution in [3.05, 3.63) is 5.21 Å². The lowest BCUT2D eigenvalue weighted by molar-refractivity contribution is -0.852. The molecule has 2 atom stereocenters. The molecule has 2 unspecified atom stereocenters. The van der Waals surface area contributed by atoms with E-state index in [0.717, 1.165) is 13.0 Å². The number of likely N-dealkylation sites (N-methyl/N-ethyl adjacent to an activating group) is 1. The van der Waals surface area contributed by atoms with E-state index in [9.17, 15) is 5.21 Å². The fourth-order valence-corrected chi connectivity index (χ4v) is 0.855. The maximum absolute atomic E-state index is 10.6. The van der Waals surface area contributed by atoms with Crippen LogP contribution < -0.4 is 5.06 Å². The van der Waals surface area contributed by atoms with Gasteiger partial charge in [-0.2, -0.15) is 0 Å². The van der Waals surface area contributed by atoms with Gasteiger partial charge in [-0.15, -0.1) is 0 Å². The summed E-state index contributed by atoms with van der Waals surface area (Å²) >= 11 is 0. The van der Waals surface area contributed by atoms with Crippen molar-refractivity contribution in [2.45, 2.75) is 12.5 Å². The van der Waals surface area contributed by atoms with Gasteiger partial charge in [0.05, 0.1) is 20.3 Å². The van der Waals surface area contributed by atoms with Crippen molar-refractivity contribution in [3.63, 3.8) is 0 Å². The highest BCUT2D eigenvalue weighted by atomic mass is 16.5. The Morgan fingerprint density at radius 1 is 1.75 bits per heavy atom. The summed E-state index contributed by atoms with van der Waals surface area (Å²) in [4.78, 5) is 0. The van der Waals surface area contributed by atoms with Crippen molar-refractivity contribution in [1.82, 2.24) is 0 Å². The molecule has 0 bridgehead atoms. The Labute approximate surface area is 48.8 Å². The van der Waals surface area contributed by atoms with Gasteiger partial charge in [-0.1, -0.05) is 0 Å². The summed E-state index contributed by atoms with van der Waals surface area (Å²) in [5.41, 5.74) is 0. The maximum Gasteiger partial charge on any atom is 0.113 e. The summed E-state index contributed by atoms with van der Waals surface area (Å²) in [6, 6.07) is 0.204. The monoisotopic (exact) mass is 117 g/mol. The van der Waals surface area contributed by atoms with E-state index in [1.807, 2.05) is 0 Å². The van der Waals surface area contributed by atoms with E-state index in [4.69, 9.17) is 4.74 Å². The van der Waals surface area contributed by atoms with Crippen molar-refractivity contribution in [2.75, 3.05) is 20.3 Å². The molecule has 3 heteroatoms. The molecule has 1 rings (SSSR count). The van der Waals surface area contributed by atoms with Gasteiger partial charge in [0, 0.05) is 6.42 Å². The first-order valence-corrected chi connectivity index (χ1v) is 2.89. The normalized spacial score (nSPS) is 33.0. The smallest absolute Gasteiger partial charge is 0.113 e. The first-order chi connectivity index (χ1) is 3.80. The van der Waals surface area contributed by atoms with Gasteiger partial charge in [0.2, 0.25) is 0 Å². The van der Waals surface area contributed by atoms with Crippen molar-refractivity contribution in [1.29, 1.82) is 0 Å². The highest BCUT2D eigenvalue weighted by Gasteiger charge is 2.18. The predicted molar refractivity (Wildman–Crippen MR) is 29.5 cm³/mol. The van der Waals surface area contributed by atoms with E-state index in [2.05, 4.69) is 0 Å². The van der Waals surface area contributed by atoms with Crippen LogP contribution in [0.25, 0.3) is 0 Å². The molecule has 0 amide bonds. The standard InChI is InChI=1S/C5H11NO2/c1-6(7)5-2-3-8-4-5/h5-6H,2-4H2,1H3. The van der Waals surface area contributed by atoms with E-state index in [1.54, 1.807) is 7.05 Å². The number of hydrogen-bond acceptors (Lipinski definition) is 2. The van der Waals surface area contributed by atoms with Gasteiger partial charge >= 0.3 is 0 Å². The molecule has 1 aliphatic heterocycles. The molecule has 1 heterocycles. The molecular weight excluding hydrogens is 106 g/mol. The Balaban J connectivity index is 2.24. The summed E-state index contributed by atoms with van der Waals surface area (Å²) < 4.78 is 5.00. The Kier molecular flexibility index (Phi) is 1.83. The molecule has 0 saturated carbocycles. The summed E-state index contributed by atoms with van der Waals surface area (Å²) in [5, 5.41) is 10.8. The number of hydrogen-bond donors (Lipinski definition) is 1. The van der Waals surface area contributed by atoms with Crippen LogP contribution in [-0.2, 0) is 4.74 Å². The van der Waals surface area contributed by atoms with Crippen LogP contribution >= 0.6 is 0 Å². The number of hydroxylamine groups is 2. The minimum Gasteiger partial charge on any atom is -0.634 e. The SMILES string of the molecule is C[NH+]([O-])C1CCOC1. The quantitative estimate of drug-likeness (QED) is 0.437. The van der Waals surface area contributed by atoms with E-state index < -0.39 is 0 Å². The molecule has 8 heavy (non-hydrogen) atoms. The summed E-state index contributed by atoms with van der Waals surface area (Å²) in [7, 11) is 1.62. The minimum atomic E-state index is 0.204. The first-order valence-electron chi connectivity index (χ1n) is 2.89. The van der Waals surface area contributed by atoms with Crippen LogP contribution in [0.3, 0.4) is 0 Å². The number of rotatable bonds is 1. The topological polar surface area (TPSA) is 36.7 Å². The molecule has 0 aromatic heterocycles. The zero-order chi connectivity index (χ0) is 5.98. The van der Waals surface area contributed by atoms with Crippen molar-refractivity contribution >= 4 is 0 Å². The lowest BCUT2D eigenvalue weighted by Gasteiger charge is -2.21. The second-order valence-electron chi connectivity index (χ2n) is 2.17. The van der Waals surface area contributed by atoms with Crippen LogP contribution in [0.5, 0.6) is 0 Å². The van der Waals surface area contributed by atoms with E-state index in [0.29, 0.717) is 6.61 Å². The van der Waals surface area contributed by atoms with Crippen molar-refractivity contribution in [3.8, 4) is 0 Å². The predicted octanol–water partition coefficient (Wildman–Crippen LogP) is -1.21. The fraction of sp³-hybridized carbons (Fsp3) is 1.00. The van der Waals surface area contributed by atoms with E-state index in [1.165, 1.54) is 0 Å². The second kappa shape index (κ2) is 2.44. The lowest BCUT2D eigenvalue weighted by Crippen LogP contribution is -3.08. The van der Waals surface area contributed by atoms with Gasteiger partial charge in [-0.3, -0.25) is 0 Å². The van der Waals surface area contributed by atoms with Gasteiger partial charge < -0.3 is 15.0 Å². The molecule has 0 spiro atoms. The largest absolute Gasteiger partial charge is 0.634 e. The van der Waals surface area contributed by atoms with Crippen molar-refractivity contribution in [2.24, 2.45) is 0 Å². The van der Waals surface area contributed by atoms with Crippen LogP contribution in [0.4, 0.5) is 0 Å². The van der Waals surface area contributed by atoms with E-state index in [-0.39, 0.29) is 11.1 Å². The molecule has 1 fully saturated rings. The highest BCUT2D eigenvalue weighted by molar-refractivity contribution is 4.60. The molecule has 1 aliphatic rings. The molecule has 1 N–H and O–H groups in total. The van der Waals surface area contributed by atoms with Gasteiger partial charge in [0.15, 0.2) is 0 Å². The Bertz CT molecular complexity index is 68.8. The number of nitrogens with one attached hydrogen (secondary N) is 1. The summed E-state index contributed by atoms with van der Waals surface area (Å²) in [5.74, 6) is 0. The Morgan fingerprint density at radius 2 is 2.50 bits per heavy atom. The minimum absolute atomic E-state index is 0.204. The Hall–Kier alpha value is -0.120. The first kappa shape index (κ1) is 6.01.